The molecule has 0 spiro atoms. The standard InChI is InChI=1S/C38H56S3/c1-3-5-7-9-11-13-15-17-19-21-31-23-29-25-33-34-26-30-24-32(22-20-18-16-14-12-10-8-6-4-2)40-36(30)28-38(34)41-37(33)27-35(29)39-31/h23,25-28,30,32,36H,3-22,24H2,1-2H3/t30?,32-,36?/m1/s1. The van der Waals surface area contributed by atoms with E-state index in [1.165, 1.54) is 155 Å². The molecule has 1 fully saturated rings. The first-order chi connectivity index (χ1) is 20.2. The summed E-state index contributed by atoms with van der Waals surface area (Å²) in [5.74, 6) is 0.745. The molecule has 0 N–H and O–H groups in total. The van der Waals surface area contributed by atoms with E-state index in [9.17, 15) is 0 Å². The van der Waals surface area contributed by atoms with E-state index in [-0.39, 0.29) is 0 Å². The number of thioether (sulfide) groups is 1. The van der Waals surface area contributed by atoms with Gasteiger partial charge in [0.2, 0.25) is 0 Å². The molecule has 3 atom stereocenters. The Bertz CT molecular complexity index is 1310. The Morgan fingerprint density at radius 1 is 0.634 bits per heavy atom. The van der Waals surface area contributed by atoms with E-state index in [1.807, 2.05) is 11.3 Å². The quantitative estimate of drug-likeness (QED) is 0.115. The minimum Gasteiger partial charge on any atom is -0.150 e. The topological polar surface area (TPSA) is 0 Å². The van der Waals surface area contributed by atoms with E-state index in [1.54, 1.807) is 14.6 Å². The average molecular weight is 609 g/mol. The summed E-state index contributed by atoms with van der Waals surface area (Å²) in [6.45, 7) is 4.62. The second kappa shape index (κ2) is 16.9. The summed E-state index contributed by atoms with van der Waals surface area (Å²) in [7, 11) is 0. The lowest BCUT2D eigenvalue weighted by Gasteiger charge is -2.13. The zero-order chi connectivity index (χ0) is 28.3. The molecule has 0 radical (unpaired) electrons. The monoisotopic (exact) mass is 608 g/mol. The highest BCUT2D eigenvalue weighted by Crippen LogP contribution is 2.43. The van der Waals surface area contributed by atoms with Gasteiger partial charge in [-0.3, -0.25) is 0 Å². The van der Waals surface area contributed by atoms with Crippen LogP contribution < -0.4 is 9.75 Å². The summed E-state index contributed by atoms with van der Waals surface area (Å²) in [6, 6.07) is 7.55. The van der Waals surface area contributed by atoms with E-state index in [0.29, 0.717) is 5.25 Å². The second-order valence-corrected chi connectivity index (χ2v) is 16.9. The van der Waals surface area contributed by atoms with Crippen molar-refractivity contribution in [2.45, 2.75) is 159 Å². The minimum atomic E-state index is 0.711. The lowest BCUT2D eigenvalue weighted by molar-refractivity contribution is 0.542. The van der Waals surface area contributed by atoms with Crippen molar-refractivity contribution in [3.05, 3.63) is 32.8 Å². The van der Waals surface area contributed by atoms with Crippen LogP contribution in [0.4, 0.5) is 0 Å². The zero-order valence-electron chi connectivity index (χ0n) is 26.2. The summed E-state index contributed by atoms with van der Waals surface area (Å²) >= 11 is 6.39. The smallest absolute Gasteiger partial charge is 0.0369 e. The summed E-state index contributed by atoms with van der Waals surface area (Å²) in [4.78, 5) is 1.59. The fourth-order valence-electron chi connectivity index (χ4n) is 7.13. The number of hydrogen-bond donors (Lipinski definition) is 0. The lowest BCUT2D eigenvalue weighted by Crippen LogP contribution is -2.28. The Kier molecular flexibility index (Phi) is 13.1. The van der Waals surface area contributed by atoms with Gasteiger partial charge in [-0.2, -0.15) is 11.8 Å². The molecule has 41 heavy (non-hydrogen) atoms. The van der Waals surface area contributed by atoms with Gasteiger partial charge < -0.3 is 0 Å². The molecule has 0 amide bonds. The molecule has 2 unspecified atom stereocenters. The van der Waals surface area contributed by atoms with Crippen LogP contribution in [0.25, 0.3) is 32.3 Å². The van der Waals surface area contributed by atoms with E-state index in [4.69, 9.17) is 0 Å². The highest BCUT2D eigenvalue weighted by atomic mass is 32.2. The number of rotatable bonds is 20. The lowest BCUT2D eigenvalue weighted by atomic mass is 9.93. The summed E-state index contributed by atoms with van der Waals surface area (Å²) < 4.78 is 4.55. The van der Waals surface area contributed by atoms with Crippen LogP contribution in [0.5, 0.6) is 0 Å². The van der Waals surface area contributed by atoms with Crippen LogP contribution in [0.3, 0.4) is 0 Å². The number of benzene rings is 1. The van der Waals surface area contributed by atoms with Crippen molar-refractivity contribution in [3.8, 4) is 0 Å². The molecule has 1 aromatic carbocycles. The summed E-state index contributed by atoms with van der Waals surface area (Å²) in [6.07, 6.45) is 35.1. The van der Waals surface area contributed by atoms with Crippen molar-refractivity contribution in [1.82, 2.24) is 0 Å². The van der Waals surface area contributed by atoms with Crippen molar-refractivity contribution >= 4 is 66.8 Å². The maximum absolute atomic E-state index is 2.68. The molecule has 0 bridgehead atoms. The van der Waals surface area contributed by atoms with Gasteiger partial charge in [-0.15, -0.1) is 22.7 Å². The third-order valence-corrected chi connectivity index (χ3v) is 13.5. The van der Waals surface area contributed by atoms with Gasteiger partial charge in [0.15, 0.2) is 0 Å². The van der Waals surface area contributed by atoms with Gasteiger partial charge in [0.1, 0.15) is 0 Å². The number of unbranched alkanes of at least 4 members (excludes halogenated alkanes) is 16. The number of aryl methyl sites for hydroxylation is 1. The molecular formula is C38H56S3. The largest absolute Gasteiger partial charge is 0.150 e. The van der Waals surface area contributed by atoms with Crippen molar-refractivity contribution in [2.24, 2.45) is 5.92 Å². The Morgan fingerprint density at radius 2 is 1.27 bits per heavy atom. The molecule has 0 saturated carbocycles. The summed E-state index contributed by atoms with van der Waals surface area (Å²) in [5, 5.41) is 6.14. The maximum atomic E-state index is 2.68. The van der Waals surface area contributed by atoms with Crippen LogP contribution in [-0.4, -0.2) is 10.5 Å². The van der Waals surface area contributed by atoms with Crippen molar-refractivity contribution < 1.29 is 0 Å². The van der Waals surface area contributed by atoms with Gasteiger partial charge in [-0.1, -0.05) is 135 Å². The van der Waals surface area contributed by atoms with E-state index < -0.39 is 0 Å². The minimum absolute atomic E-state index is 0.711. The Labute approximate surface area is 263 Å². The van der Waals surface area contributed by atoms with Gasteiger partial charge in [0.05, 0.1) is 0 Å². The van der Waals surface area contributed by atoms with Crippen LogP contribution >= 0.6 is 34.4 Å². The molecule has 1 saturated heterocycles. The van der Waals surface area contributed by atoms with Crippen molar-refractivity contribution in [3.63, 3.8) is 0 Å². The molecular weight excluding hydrogens is 553 g/mol. The Morgan fingerprint density at radius 3 is 1.95 bits per heavy atom. The molecule has 5 rings (SSSR count). The Balaban J connectivity index is 1.09. The molecule has 0 nitrogen and oxygen atoms in total. The van der Waals surface area contributed by atoms with Crippen LogP contribution in [-0.2, 0) is 6.42 Å². The number of hydrogen-bond acceptors (Lipinski definition) is 3. The van der Waals surface area contributed by atoms with Crippen LogP contribution in [0.15, 0.2) is 18.2 Å². The molecule has 3 aromatic rings. The van der Waals surface area contributed by atoms with E-state index >= 15 is 0 Å². The van der Waals surface area contributed by atoms with Crippen molar-refractivity contribution in [1.29, 1.82) is 0 Å². The molecule has 226 valence electrons. The van der Waals surface area contributed by atoms with Crippen molar-refractivity contribution in [2.75, 3.05) is 0 Å². The SMILES string of the molecule is CCCCCCCCCCCc1cc2cc3c4c(sc3cc2s1)=CC1S[C@H](CCCCCCCCCCC)CC1C=4. The molecule has 2 aliphatic rings. The number of thiophene rings is 2. The predicted molar refractivity (Wildman–Crippen MR) is 191 cm³/mol. The third-order valence-electron chi connectivity index (χ3n) is 9.60. The molecule has 2 aromatic heterocycles. The first-order valence-electron chi connectivity index (χ1n) is 17.6. The first kappa shape index (κ1) is 31.6. The van der Waals surface area contributed by atoms with Crippen LogP contribution in [0, 0.1) is 5.92 Å². The highest BCUT2D eigenvalue weighted by Gasteiger charge is 2.33. The van der Waals surface area contributed by atoms with Crippen LogP contribution in [0.1, 0.15) is 147 Å². The summed E-state index contributed by atoms with van der Waals surface area (Å²) in [5.41, 5.74) is 0. The predicted octanol–water partition coefficient (Wildman–Crippen LogP) is 12.2. The third kappa shape index (κ3) is 9.12. The van der Waals surface area contributed by atoms with Gasteiger partial charge in [-0.25, -0.2) is 0 Å². The second-order valence-electron chi connectivity index (χ2n) is 13.1. The van der Waals surface area contributed by atoms with Gasteiger partial charge in [0, 0.05) is 34.7 Å². The van der Waals surface area contributed by atoms with Gasteiger partial charge in [-0.05, 0) is 60.4 Å². The fourth-order valence-corrected chi connectivity index (χ4v) is 11.3. The normalized spacial score (nSPS) is 19.9. The fraction of sp³-hybridized carbons (Fsp3) is 0.684. The average Bonchev–Trinajstić information content (AvgIpc) is 3.66. The number of fused-ring (bicyclic) bond motifs is 5. The molecule has 3 heteroatoms. The Hall–Kier alpha value is -0.770. The zero-order valence-corrected chi connectivity index (χ0v) is 28.6. The van der Waals surface area contributed by atoms with E-state index in [2.05, 4.69) is 67.3 Å². The maximum Gasteiger partial charge on any atom is 0.0369 e. The van der Waals surface area contributed by atoms with E-state index in [0.717, 1.165) is 11.2 Å². The van der Waals surface area contributed by atoms with Gasteiger partial charge in [0.25, 0.3) is 0 Å². The first-order valence-corrected chi connectivity index (χ1v) is 20.2. The highest BCUT2D eigenvalue weighted by molar-refractivity contribution is 8.01. The molecule has 1 aliphatic carbocycles. The van der Waals surface area contributed by atoms with Crippen LogP contribution in [0.2, 0.25) is 0 Å². The molecule has 1 aliphatic heterocycles. The van der Waals surface area contributed by atoms with Gasteiger partial charge >= 0.3 is 0 Å². The molecule has 3 heterocycles.